The van der Waals surface area contributed by atoms with E-state index in [9.17, 15) is 19.8 Å². The second-order valence-corrected chi connectivity index (χ2v) is 16.9. The number of esters is 1. The first-order valence-electron chi connectivity index (χ1n) is 24.4. The molecule has 0 aliphatic carbocycles. The minimum Gasteiger partial charge on any atom is -0.462 e. The molecule has 0 saturated heterocycles. The standard InChI is InChI=1S/C49H95NO5/c1-4-7-10-13-16-19-22-24-25-26-28-31-34-37-40-45(55-49(54)42-39-36-33-30-27-23-20-17-14-11-8-5-2)43-48(53)50-46(44-51)47(52)41-38-35-32-29-21-18-15-12-9-6-3/h25-26,45-47,51-52H,4-24,27-44H2,1-3H3,(H,50,53)/b26-25+. The van der Waals surface area contributed by atoms with E-state index in [1.54, 1.807) is 0 Å². The van der Waals surface area contributed by atoms with E-state index < -0.39 is 18.2 Å². The van der Waals surface area contributed by atoms with Gasteiger partial charge in [0.15, 0.2) is 0 Å². The van der Waals surface area contributed by atoms with E-state index in [4.69, 9.17) is 4.74 Å². The van der Waals surface area contributed by atoms with Crippen LogP contribution in [0.25, 0.3) is 0 Å². The van der Waals surface area contributed by atoms with Crippen LogP contribution in [0.1, 0.15) is 265 Å². The number of aliphatic hydroxyl groups excluding tert-OH is 2. The van der Waals surface area contributed by atoms with Crippen molar-refractivity contribution in [3.63, 3.8) is 0 Å². The predicted molar refractivity (Wildman–Crippen MR) is 237 cm³/mol. The lowest BCUT2D eigenvalue weighted by molar-refractivity contribution is -0.151. The summed E-state index contributed by atoms with van der Waals surface area (Å²) < 4.78 is 5.91. The predicted octanol–water partition coefficient (Wildman–Crippen LogP) is 14.2. The number of unbranched alkanes of at least 4 members (excludes halogenated alkanes) is 30. The maximum atomic E-state index is 13.1. The molecule has 0 radical (unpaired) electrons. The van der Waals surface area contributed by atoms with Crippen molar-refractivity contribution < 1.29 is 24.5 Å². The molecule has 0 bridgehead atoms. The molecule has 6 nitrogen and oxygen atoms in total. The second kappa shape index (κ2) is 43.7. The molecule has 0 aromatic heterocycles. The summed E-state index contributed by atoms with van der Waals surface area (Å²) in [6.45, 7) is 6.47. The van der Waals surface area contributed by atoms with Crippen molar-refractivity contribution in [1.82, 2.24) is 5.32 Å². The summed E-state index contributed by atoms with van der Waals surface area (Å²) in [7, 11) is 0. The fourth-order valence-corrected chi connectivity index (χ4v) is 7.60. The van der Waals surface area contributed by atoms with Gasteiger partial charge in [-0.15, -0.1) is 0 Å². The first kappa shape index (κ1) is 53.6. The number of carbonyl (C=O) groups is 2. The molecule has 1 amide bonds. The Labute approximate surface area is 342 Å². The summed E-state index contributed by atoms with van der Waals surface area (Å²) in [6.07, 6.45) is 47.0. The third-order valence-electron chi connectivity index (χ3n) is 11.3. The van der Waals surface area contributed by atoms with Crippen molar-refractivity contribution in [2.75, 3.05) is 6.61 Å². The van der Waals surface area contributed by atoms with E-state index in [-0.39, 0.29) is 24.9 Å². The number of nitrogens with one attached hydrogen (secondary N) is 1. The molecule has 6 heteroatoms. The number of carbonyl (C=O) groups excluding carboxylic acids is 2. The van der Waals surface area contributed by atoms with E-state index in [1.165, 1.54) is 161 Å². The molecule has 0 aromatic rings. The van der Waals surface area contributed by atoms with Gasteiger partial charge in [-0.05, 0) is 51.4 Å². The van der Waals surface area contributed by atoms with E-state index in [2.05, 4.69) is 38.2 Å². The zero-order valence-corrected chi connectivity index (χ0v) is 37.1. The molecule has 0 rings (SSSR count). The van der Waals surface area contributed by atoms with Gasteiger partial charge >= 0.3 is 5.97 Å². The quantitative estimate of drug-likeness (QED) is 0.0325. The van der Waals surface area contributed by atoms with Gasteiger partial charge in [0.25, 0.3) is 0 Å². The molecule has 3 unspecified atom stereocenters. The van der Waals surface area contributed by atoms with Crippen LogP contribution in [-0.4, -0.2) is 46.9 Å². The van der Waals surface area contributed by atoms with E-state index >= 15 is 0 Å². The highest BCUT2D eigenvalue weighted by Gasteiger charge is 2.24. The smallest absolute Gasteiger partial charge is 0.306 e. The normalized spacial score (nSPS) is 13.3. The second-order valence-electron chi connectivity index (χ2n) is 16.9. The average molecular weight is 778 g/mol. The molecule has 0 fully saturated rings. The summed E-state index contributed by atoms with van der Waals surface area (Å²) in [5, 5.41) is 23.6. The van der Waals surface area contributed by atoms with E-state index in [1.807, 2.05) is 0 Å². The molecule has 3 N–H and O–H groups in total. The van der Waals surface area contributed by atoms with Crippen molar-refractivity contribution in [1.29, 1.82) is 0 Å². The largest absolute Gasteiger partial charge is 0.462 e. The Hall–Kier alpha value is -1.40. The highest BCUT2D eigenvalue weighted by atomic mass is 16.5. The highest BCUT2D eigenvalue weighted by Crippen LogP contribution is 2.18. The monoisotopic (exact) mass is 778 g/mol. The Balaban J connectivity index is 4.59. The van der Waals surface area contributed by atoms with Crippen LogP contribution in [0.4, 0.5) is 0 Å². The van der Waals surface area contributed by atoms with Crippen LogP contribution in [0.15, 0.2) is 12.2 Å². The fraction of sp³-hybridized carbons (Fsp3) is 0.918. The Morgan fingerprint density at radius 1 is 0.509 bits per heavy atom. The third-order valence-corrected chi connectivity index (χ3v) is 11.3. The van der Waals surface area contributed by atoms with Gasteiger partial charge in [0.1, 0.15) is 6.10 Å². The van der Waals surface area contributed by atoms with Crippen LogP contribution in [0, 0.1) is 0 Å². The number of rotatable bonds is 44. The van der Waals surface area contributed by atoms with Gasteiger partial charge in [-0.25, -0.2) is 0 Å². The van der Waals surface area contributed by atoms with Crippen LogP contribution >= 0.6 is 0 Å². The lowest BCUT2D eigenvalue weighted by Crippen LogP contribution is -2.46. The van der Waals surface area contributed by atoms with Crippen molar-refractivity contribution in [3.05, 3.63) is 12.2 Å². The minimum absolute atomic E-state index is 0.0734. The first-order chi connectivity index (χ1) is 27.0. The molecule has 0 aliphatic rings. The maximum Gasteiger partial charge on any atom is 0.306 e. The summed E-state index contributed by atoms with van der Waals surface area (Å²) in [4.78, 5) is 26.0. The Bertz CT molecular complexity index is 832. The molecule has 0 heterocycles. The molecule has 0 aromatic carbocycles. The molecule has 0 spiro atoms. The van der Waals surface area contributed by atoms with Crippen molar-refractivity contribution in [3.8, 4) is 0 Å². The van der Waals surface area contributed by atoms with Crippen LogP contribution in [-0.2, 0) is 14.3 Å². The SMILES string of the molecule is CCCCCCCCC/C=C/CCCCCC(CC(=O)NC(CO)C(O)CCCCCCCCCCCC)OC(=O)CCCCCCCCCCCCCC. The Kier molecular flexibility index (Phi) is 42.6. The average Bonchev–Trinajstić information content (AvgIpc) is 3.18. The number of hydrogen-bond donors (Lipinski definition) is 3. The number of hydrogen-bond acceptors (Lipinski definition) is 5. The topological polar surface area (TPSA) is 95.9 Å². The Morgan fingerprint density at radius 3 is 1.31 bits per heavy atom. The zero-order chi connectivity index (χ0) is 40.3. The minimum atomic E-state index is -0.784. The summed E-state index contributed by atoms with van der Waals surface area (Å²) >= 11 is 0. The fourth-order valence-electron chi connectivity index (χ4n) is 7.60. The van der Waals surface area contributed by atoms with E-state index in [0.29, 0.717) is 19.3 Å². The van der Waals surface area contributed by atoms with Crippen molar-refractivity contribution in [2.45, 2.75) is 283 Å². The van der Waals surface area contributed by atoms with Gasteiger partial charge in [0.2, 0.25) is 5.91 Å². The summed E-state index contributed by atoms with van der Waals surface area (Å²) in [6, 6.07) is -0.698. The number of allylic oxidation sites excluding steroid dienone is 2. The lowest BCUT2D eigenvalue weighted by Gasteiger charge is -2.24. The van der Waals surface area contributed by atoms with Gasteiger partial charge < -0.3 is 20.3 Å². The van der Waals surface area contributed by atoms with E-state index in [0.717, 1.165) is 57.8 Å². The highest BCUT2D eigenvalue weighted by molar-refractivity contribution is 5.77. The van der Waals surface area contributed by atoms with Gasteiger partial charge in [0, 0.05) is 6.42 Å². The number of aliphatic hydroxyl groups is 2. The van der Waals surface area contributed by atoms with Crippen LogP contribution < -0.4 is 5.32 Å². The molecule has 3 atom stereocenters. The van der Waals surface area contributed by atoms with Crippen molar-refractivity contribution in [2.24, 2.45) is 0 Å². The zero-order valence-electron chi connectivity index (χ0n) is 37.1. The van der Waals surface area contributed by atoms with Gasteiger partial charge in [-0.1, -0.05) is 213 Å². The maximum absolute atomic E-state index is 13.1. The van der Waals surface area contributed by atoms with Crippen LogP contribution in [0.5, 0.6) is 0 Å². The number of amides is 1. The molecular weight excluding hydrogens is 683 g/mol. The molecular formula is C49H95NO5. The van der Waals surface area contributed by atoms with Crippen LogP contribution in [0.2, 0.25) is 0 Å². The summed E-state index contributed by atoms with van der Waals surface area (Å²) in [5.41, 5.74) is 0. The molecule has 0 aliphatic heterocycles. The van der Waals surface area contributed by atoms with Gasteiger partial charge in [-0.3, -0.25) is 9.59 Å². The summed E-state index contributed by atoms with van der Waals surface area (Å²) in [5.74, 6) is -0.476. The third kappa shape index (κ3) is 39.2. The molecule has 55 heavy (non-hydrogen) atoms. The van der Waals surface area contributed by atoms with Crippen LogP contribution in [0.3, 0.4) is 0 Å². The lowest BCUT2D eigenvalue weighted by atomic mass is 10.0. The first-order valence-corrected chi connectivity index (χ1v) is 24.4. The molecule has 326 valence electrons. The van der Waals surface area contributed by atoms with Gasteiger partial charge in [0.05, 0.1) is 25.2 Å². The van der Waals surface area contributed by atoms with Gasteiger partial charge in [-0.2, -0.15) is 0 Å². The number of ether oxygens (including phenoxy) is 1. The van der Waals surface area contributed by atoms with Crippen molar-refractivity contribution >= 4 is 11.9 Å². The molecule has 0 saturated carbocycles. The Morgan fingerprint density at radius 2 is 0.873 bits per heavy atom.